The number of amides is 2. The minimum atomic E-state index is -0.149. The molecule has 0 unspecified atom stereocenters. The van der Waals surface area contributed by atoms with Gasteiger partial charge < -0.3 is 15.0 Å². The molecule has 0 radical (unpaired) electrons. The maximum atomic E-state index is 12.3. The molecule has 2 heterocycles. The third kappa shape index (κ3) is 4.84. The van der Waals surface area contributed by atoms with E-state index >= 15 is 0 Å². The zero-order valence-electron chi connectivity index (χ0n) is 13.7. The van der Waals surface area contributed by atoms with Crippen molar-refractivity contribution >= 4 is 51.5 Å². The Bertz CT molecular complexity index is 780. The molecule has 26 heavy (non-hydrogen) atoms. The molecule has 1 aliphatic heterocycles. The first-order chi connectivity index (χ1) is 12.5. The number of carbonyl (C=O) groups is 2. The molecule has 10 heteroatoms. The van der Waals surface area contributed by atoms with Gasteiger partial charge in [-0.2, -0.15) is 0 Å². The lowest BCUT2D eigenvalue weighted by Crippen LogP contribution is -2.43. The van der Waals surface area contributed by atoms with Gasteiger partial charge in [0, 0.05) is 30.1 Å². The number of rotatable bonds is 5. The normalized spacial score (nSPS) is 14.9. The van der Waals surface area contributed by atoms with Crippen molar-refractivity contribution < 1.29 is 14.3 Å². The van der Waals surface area contributed by atoms with Crippen LogP contribution in [0, 0.1) is 5.92 Å². The number of hydrogen-bond donors (Lipinski definition) is 1. The molecular formula is C16H16Cl2N4O3S. The minimum absolute atomic E-state index is 0.0872. The summed E-state index contributed by atoms with van der Waals surface area (Å²) in [6, 6.07) is 4.84. The van der Waals surface area contributed by atoms with E-state index in [4.69, 9.17) is 27.9 Å². The van der Waals surface area contributed by atoms with Gasteiger partial charge in [-0.25, -0.2) is 0 Å². The summed E-state index contributed by atoms with van der Waals surface area (Å²) < 4.78 is 5.48. The molecule has 1 fully saturated rings. The van der Waals surface area contributed by atoms with E-state index < -0.39 is 0 Å². The van der Waals surface area contributed by atoms with Crippen molar-refractivity contribution in [3.63, 3.8) is 0 Å². The molecule has 1 saturated heterocycles. The number of carbonyl (C=O) groups excluding carboxylic acids is 2. The molecule has 138 valence electrons. The second kappa shape index (κ2) is 8.66. The number of piperidine rings is 1. The summed E-state index contributed by atoms with van der Waals surface area (Å²) in [5, 5.41) is 11.6. The van der Waals surface area contributed by atoms with Crippen LogP contribution in [0.5, 0.6) is 5.75 Å². The molecule has 0 bridgehead atoms. The van der Waals surface area contributed by atoms with Gasteiger partial charge in [0.05, 0.1) is 5.02 Å². The van der Waals surface area contributed by atoms with Crippen LogP contribution in [0.25, 0.3) is 0 Å². The number of benzene rings is 1. The molecule has 1 aromatic heterocycles. The molecule has 1 aliphatic rings. The van der Waals surface area contributed by atoms with E-state index in [1.807, 2.05) is 0 Å². The van der Waals surface area contributed by atoms with Gasteiger partial charge in [-0.15, -0.1) is 10.2 Å². The summed E-state index contributed by atoms with van der Waals surface area (Å²) in [5.41, 5.74) is 1.56. The average Bonchev–Trinajstić information content (AvgIpc) is 3.15. The second-order valence-corrected chi connectivity index (χ2v) is 7.43. The quantitative estimate of drug-likeness (QED) is 0.812. The highest BCUT2D eigenvalue weighted by molar-refractivity contribution is 7.13. The van der Waals surface area contributed by atoms with Gasteiger partial charge in [0.2, 0.25) is 11.0 Å². The van der Waals surface area contributed by atoms with Gasteiger partial charge >= 0.3 is 0 Å². The standard InChI is InChI=1S/C16H16Cl2N4O3S/c17-11-1-2-12(18)13(7-11)25-8-14(23)22-5-3-10(4-6-22)15(24)20-16-21-19-9-26-16/h1-2,7,9-10H,3-6,8H2,(H,20,21,24). The van der Waals surface area contributed by atoms with E-state index in [2.05, 4.69) is 15.5 Å². The van der Waals surface area contributed by atoms with E-state index in [9.17, 15) is 9.59 Å². The Kier molecular flexibility index (Phi) is 6.29. The molecule has 1 aromatic carbocycles. The molecule has 0 atom stereocenters. The van der Waals surface area contributed by atoms with E-state index in [0.717, 1.165) is 0 Å². The first-order valence-electron chi connectivity index (χ1n) is 7.95. The molecule has 2 amide bonds. The van der Waals surface area contributed by atoms with E-state index in [1.165, 1.54) is 11.3 Å². The van der Waals surface area contributed by atoms with Crippen LogP contribution in [0.1, 0.15) is 12.8 Å². The van der Waals surface area contributed by atoms with Crippen molar-refractivity contribution in [2.45, 2.75) is 12.8 Å². The maximum Gasteiger partial charge on any atom is 0.260 e. The van der Waals surface area contributed by atoms with Crippen molar-refractivity contribution in [3.05, 3.63) is 33.8 Å². The first kappa shape index (κ1) is 18.9. The molecule has 0 aliphatic carbocycles. The SMILES string of the molecule is O=C(Nc1nncs1)C1CCN(C(=O)COc2cc(Cl)ccc2Cl)CC1. The highest BCUT2D eigenvalue weighted by atomic mass is 35.5. The Balaban J connectivity index is 1.46. The third-order valence-corrected chi connectivity index (χ3v) is 5.21. The zero-order valence-corrected chi connectivity index (χ0v) is 16.0. The lowest BCUT2D eigenvalue weighted by molar-refractivity contribution is -0.136. The molecular weight excluding hydrogens is 399 g/mol. The van der Waals surface area contributed by atoms with Crippen LogP contribution in [-0.4, -0.2) is 46.6 Å². The van der Waals surface area contributed by atoms with Gasteiger partial charge in [-0.3, -0.25) is 9.59 Å². The number of ether oxygens (including phenoxy) is 1. The Morgan fingerprint density at radius 2 is 2.08 bits per heavy atom. The maximum absolute atomic E-state index is 12.3. The number of likely N-dealkylation sites (tertiary alicyclic amines) is 1. The predicted octanol–water partition coefficient (Wildman–Crippen LogP) is 3.10. The van der Waals surface area contributed by atoms with Gasteiger partial charge in [-0.1, -0.05) is 34.5 Å². The van der Waals surface area contributed by atoms with Crippen LogP contribution in [0.4, 0.5) is 5.13 Å². The predicted molar refractivity (Wildman–Crippen MR) is 99.8 cm³/mol. The van der Waals surface area contributed by atoms with Crippen LogP contribution in [0.2, 0.25) is 10.0 Å². The number of aromatic nitrogens is 2. The highest BCUT2D eigenvalue weighted by Crippen LogP contribution is 2.28. The monoisotopic (exact) mass is 414 g/mol. The molecule has 2 aromatic rings. The summed E-state index contributed by atoms with van der Waals surface area (Å²) in [5.74, 6) is -0.00934. The third-order valence-electron chi connectivity index (χ3n) is 4.05. The number of halogens is 2. The lowest BCUT2D eigenvalue weighted by atomic mass is 9.96. The molecule has 0 spiro atoms. The topological polar surface area (TPSA) is 84.4 Å². The van der Waals surface area contributed by atoms with Crippen molar-refractivity contribution in [3.8, 4) is 5.75 Å². The van der Waals surface area contributed by atoms with Crippen molar-refractivity contribution in [1.82, 2.24) is 15.1 Å². The summed E-state index contributed by atoms with van der Waals surface area (Å²) in [7, 11) is 0. The first-order valence-corrected chi connectivity index (χ1v) is 9.59. The van der Waals surface area contributed by atoms with Crippen LogP contribution in [0.15, 0.2) is 23.7 Å². The molecule has 3 rings (SSSR count). The van der Waals surface area contributed by atoms with Gasteiger partial charge in [0.1, 0.15) is 11.3 Å². The second-order valence-electron chi connectivity index (χ2n) is 5.75. The van der Waals surface area contributed by atoms with Gasteiger partial charge in [0.15, 0.2) is 6.61 Å². The van der Waals surface area contributed by atoms with Crippen LogP contribution >= 0.6 is 34.5 Å². The Labute approximate surface area is 164 Å². The number of hydrogen-bond acceptors (Lipinski definition) is 6. The summed E-state index contributed by atoms with van der Waals surface area (Å²) >= 11 is 13.2. The van der Waals surface area contributed by atoms with Crippen LogP contribution in [0.3, 0.4) is 0 Å². The molecule has 0 saturated carbocycles. The summed E-state index contributed by atoms with van der Waals surface area (Å²) in [6.07, 6.45) is 1.18. The minimum Gasteiger partial charge on any atom is -0.482 e. The Hall–Kier alpha value is -1.90. The fourth-order valence-electron chi connectivity index (χ4n) is 2.64. The summed E-state index contributed by atoms with van der Waals surface area (Å²) in [6.45, 7) is 0.876. The van der Waals surface area contributed by atoms with E-state index in [0.29, 0.717) is 46.9 Å². The summed E-state index contributed by atoms with van der Waals surface area (Å²) in [4.78, 5) is 26.2. The van der Waals surface area contributed by atoms with Crippen molar-refractivity contribution in [2.75, 3.05) is 25.0 Å². The average molecular weight is 415 g/mol. The smallest absolute Gasteiger partial charge is 0.260 e. The lowest BCUT2D eigenvalue weighted by Gasteiger charge is -2.31. The largest absolute Gasteiger partial charge is 0.482 e. The zero-order chi connectivity index (χ0) is 18.5. The molecule has 1 N–H and O–H groups in total. The van der Waals surface area contributed by atoms with Crippen molar-refractivity contribution in [2.24, 2.45) is 5.92 Å². The van der Waals surface area contributed by atoms with Gasteiger partial charge in [-0.05, 0) is 25.0 Å². The Morgan fingerprint density at radius 1 is 1.31 bits per heavy atom. The van der Waals surface area contributed by atoms with E-state index in [-0.39, 0.29) is 24.3 Å². The van der Waals surface area contributed by atoms with E-state index in [1.54, 1.807) is 28.6 Å². The van der Waals surface area contributed by atoms with Gasteiger partial charge in [0.25, 0.3) is 5.91 Å². The van der Waals surface area contributed by atoms with Crippen LogP contribution < -0.4 is 10.1 Å². The number of nitrogens with zero attached hydrogens (tertiary/aromatic N) is 3. The molecule has 7 nitrogen and oxygen atoms in total. The fourth-order valence-corrected chi connectivity index (χ4v) is 3.43. The Morgan fingerprint density at radius 3 is 2.77 bits per heavy atom. The highest BCUT2D eigenvalue weighted by Gasteiger charge is 2.28. The number of nitrogens with one attached hydrogen (secondary N) is 1. The van der Waals surface area contributed by atoms with Crippen molar-refractivity contribution in [1.29, 1.82) is 0 Å². The van der Waals surface area contributed by atoms with Crippen LogP contribution in [-0.2, 0) is 9.59 Å². The fraction of sp³-hybridized carbons (Fsp3) is 0.375. The number of anilines is 1.